The van der Waals surface area contributed by atoms with E-state index in [1.807, 2.05) is 30.3 Å². The van der Waals surface area contributed by atoms with Gasteiger partial charge < -0.3 is 4.74 Å². The summed E-state index contributed by atoms with van der Waals surface area (Å²) >= 11 is 0. The van der Waals surface area contributed by atoms with Crippen molar-refractivity contribution in [3.05, 3.63) is 35.9 Å². The van der Waals surface area contributed by atoms with Crippen molar-refractivity contribution in [2.45, 2.75) is 12.8 Å². The van der Waals surface area contributed by atoms with Crippen LogP contribution in [0.15, 0.2) is 35.3 Å². The Morgan fingerprint density at radius 2 is 2.00 bits per heavy atom. The van der Waals surface area contributed by atoms with Gasteiger partial charge in [0.1, 0.15) is 0 Å². The third kappa shape index (κ3) is 2.43. The zero-order chi connectivity index (χ0) is 10.7. The van der Waals surface area contributed by atoms with Crippen LogP contribution in [-0.2, 0) is 4.74 Å². The Hall–Kier alpha value is -1.64. The number of hydrogen-bond donors (Lipinski definition) is 0. The van der Waals surface area contributed by atoms with E-state index in [-0.39, 0.29) is 0 Å². The molecule has 78 valence electrons. The van der Waals surface area contributed by atoms with Gasteiger partial charge in [-0.25, -0.2) is 4.79 Å². The van der Waals surface area contributed by atoms with Crippen molar-refractivity contribution in [2.24, 2.45) is 10.9 Å². The highest BCUT2D eigenvalue weighted by atomic mass is 16.5. The zero-order valence-electron chi connectivity index (χ0n) is 8.64. The summed E-state index contributed by atoms with van der Waals surface area (Å²) in [4.78, 5) is 15.1. The van der Waals surface area contributed by atoms with E-state index in [2.05, 4.69) is 9.73 Å². The Morgan fingerprint density at radius 3 is 2.53 bits per heavy atom. The molecule has 3 nitrogen and oxygen atoms in total. The third-order valence-electron chi connectivity index (χ3n) is 2.42. The molecule has 1 aliphatic rings. The minimum absolute atomic E-state index is 0.437. The van der Waals surface area contributed by atoms with E-state index in [1.54, 1.807) is 0 Å². The number of carbonyl (C=O) groups is 1. The van der Waals surface area contributed by atoms with Crippen molar-refractivity contribution in [1.82, 2.24) is 0 Å². The fraction of sp³-hybridized carbons (Fsp3) is 0.333. The molecule has 0 heterocycles. The highest BCUT2D eigenvalue weighted by Gasteiger charge is 2.29. The Balaban J connectivity index is 2.28. The quantitative estimate of drug-likeness (QED) is 0.693. The van der Waals surface area contributed by atoms with Crippen LogP contribution in [0.1, 0.15) is 18.4 Å². The number of hydrogen-bond acceptors (Lipinski definition) is 2. The van der Waals surface area contributed by atoms with Gasteiger partial charge >= 0.3 is 6.09 Å². The number of carbonyl (C=O) groups excluding carboxylic acids is 1. The van der Waals surface area contributed by atoms with E-state index in [4.69, 9.17) is 0 Å². The highest BCUT2D eigenvalue weighted by molar-refractivity contribution is 6.07. The molecule has 0 unspecified atom stereocenters. The predicted molar refractivity (Wildman–Crippen MR) is 58.1 cm³/mol. The van der Waals surface area contributed by atoms with Crippen LogP contribution < -0.4 is 0 Å². The first-order valence-corrected chi connectivity index (χ1v) is 5.03. The molecule has 3 heteroatoms. The lowest BCUT2D eigenvalue weighted by Crippen LogP contribution is -2.07. The van der Waals surface area contributed by atoms with Gasteiger partial charge in [-0.3, -0.25) is 0 Å². The molecule has 1 fully saturated rings. The van der Waals surface area contributed by atoms with Gasteiger partial charge in [-0.05, 0) is 18.4 Å². The van der Waals surface area contributed by atoms with Crippen molar-refractivity contribution in [3.8, 4) is 0 Å². The third-order valence-corrected chi connectivity index (χ3v) is 2.42. The lowest BCUT2D eigenvalue weighted by molar-refractivity contribution is 0.182. The van der Waals surface area contributed by atoms with E-state index in [9.17, 15) is 4.79 Å². The van der Waals surface area contributed by atoms with Crippen LogP contribution in [0.2, 0.25) is 0 Å². The lowest BCUT2D eigenvalue weighted by atomic mass is 10.1. The highest BCUT2D eigenvalue weighted by Crippen LogP contribution is 2.33. The fourth-order valence-corrected chi connectivity index (χ4v) is 1.50. The largest absolute Gasteiger partial charge is 0.451 e. The zero-order valence-corrected chi connectivity index (χ0v) is 8.64. The van der Waals surface area contributed by atoms with Gasteiger partial charge in [0, 0.05) is 5.92 Å². The molecule has 1 saturated carbocycles. The predicted octanol–water partition coefficient (Wildman–Crippen LogP) is 2.65. The molecule has 0 spiro atoms. The summed E-state index contributed by atoms with van der Waals surface area (Å²) in [7, 11) is 1.35. The number of benzene rings is 1. The van der Waals surface area contributed by atoms with Crippen molar-refractivity contribution < 1.29 is 9.53 Å². The molecule has 0 aromatic heterocycles. The Morgan fingerprint density at radius 1 is 1.33 bits per heavy atom. The molecule has 0 aliphatic heterocycles. The molecule has 0 radical (unpaired) electrons. The summed E-state index contributed by atoms with van der Waals surface area (Å²) in [5.41, 5.74) is 1.88. The number of methoxy groups -OCH3 is 1. The Kier molecular flexibility index (Phi) is 2.81. The van der Waals surface area contributed by atoms with E-state index >= 15 is 0 Å². The van der Waals surface area contributed by atoms with Gasteiger partial charge in [0.2, 0.25) is 0 Å². The summed E-state index contributed by atoms with van der Waals surface area (Å²) in [6.45, 7) is 0. The molecule has 0 bridgehead atoms. The van der Waals surface area contributed by atoms with E-state index in [0.29, 0.717) is 5.92 Å². The molecule has 15 heavy (non-hydrogen) atoms. The topological polar surface area (TPSA) is 38.7 Å². The molecule has 2 rings (SSSR count). The van der Waals surface area contributed by atoms with Crippen molar-refractivity contribution >= 4 is 11.8 Å². The molecule has 1 amide bonds. The van der Waals surface area contributed by atoms with Crippen LogP contribution in [0.25, 0.3) is 0 Å². The molecule has 0 saturated heterocycles. The maximum Gasteiger partial charge on any atom is 0.433 e. The van der Waals surface area contributed by atoms with Crippen LogP contribution in [-0.4, -0.2) is 18.9 Å². The van der Waals surface area contributed by atoms with Gasteiger partial charge in [-0.1, -0.05) is 30.3 Å². The Labute approximate surface area is 88.8 Å². The molecule has 1 aromatic carbocycles. The smallest absolute Gasteiger partial charge is 0.433 e. The molecule has 1 aliphatic carbocycles. The second-order valence-electron chi connectivity index (χ2n) is 3.61. The maximum atomic E-state index is 11.1. The SMILES string of the molecule is COC(=O)/N=C(/c1ccccc1)C1CC1. The minimum atomic E-state index is -0.513. The number of amides is 1. The first kappa shape index (κ1) is 9.90. The average Bonchev–Trinajstić information content (AvgIpc) is 3.10. The van der Waals surface area contributed by atoms with Crippen molar-refractivity contribution in [1.29, 1.82) is 0 Å². The van der Waals surface area contributed by atoms with E-state index in [0.717, 1.165) is 24.1 Å². The van der Waals surface area contributed by atoms with Gasteiger partial charge in [-0.2, -0.15) is 4.99 Å². The molecule has 1 aromatic rings. The van der Waals surface area contributed by atoms with Gasteiger partial charge in [-0.15, -0.1) is 0 Å². The second kappa shape index (κ2) is 4.26. The lowest BCUT2D eigenvalue weighted by Gasteiger charge is -2.03. The molecular formula is C12H13NO2. The van der Waals surface area contributed by atoms with Gasteiger partial charge in [0.25, 0.3) is 0 Å². The fourth-order valence-electron chi connectivity index (χ4n) is 1.50. The first-order valence-electron chi connectivity index (χ1n) is 5.03. The molecular weight excluding hydrogens is 190 g/mol. The molecule has 0 atom stereocenters. The van der Waals surface area contributed by atoms with Crippen molar-refractivity contribution in [3.63, 3.8) is 0 Å². The number of aliphatic imine (C=N–C) groups is 1. The summed E-state index contributed by atoms with van der Waals surface area (Å²) in [6.07, 6.45) is 1.72. The summed E-state index contributed by atoms with van der Waals surface area (Å²) in [5.74, 6) is 0.437. The Bertz CT molecular complexity index is 380. The average molecular weight is 203 g/mol. The van der Waals surface area contributed by atoms with Crippen molar-refractivity contribution in [2.75, 3.05) is 7.11 Å². The summed E-state index contributed by atoms with van der Waals surface area (Å²) in [5, 5.41) is 0. The maximum absolute atomic E-state index is 11.1. The molecule has 0 N–H and O–H groups in total. The van der Waals surface area contributed by atoms with E-state index in [1.165, 1.54) is 7.11 Å². The van der Waals surface area contributed by atoms with Gasteiger partial charge in [0.15, 0.2) is 0 Å². The standard InChI is InChI=1S/C12H13NO2/c1-15-12(14)13-11(10-7-8-10)9-5-3-2-4-6-9/h2-6,10H,7-8H2,1H3/b13-11-. The number of rotatable bonds is 2. The number of nitrogens with zero attached hydrogens (tertiary/aromatic N) is 1. The first-order chi connectivity index (χ1) is 7.31. The summed E-state index contributed by atoms with van der Waals surface area (Å²) < 4.78 is 4.55. The summed E-state index contributed by atoms with van der Waals surface area (Å²) in [6, 6.07) is 9.79. The second-order valence-corrected chi connectivity index (χ2v) is 3.61. The van der Waals surface area contributed by atoms with Crippen LogP contribution >= 0.6 is 0 Å². The van der Waals surface area contributed by atoms with Crippen LogP contribution in [0, 0.1) is 5.92 Å². The van der Waals surface area contributed by atoms with E-state index < -0.39 is 6.09 Å². The van der Waals surface area contributed by atoms with Crippen LogP contribution in [0.5, 0.6) is 0 Å². The number of ether oxygens (including phenoxy) is 1. The van der Waals surface area contributed by atoms with Gasteiger partial charge in [0.05, 0.1) is 12.8 Å². The minimum Gasteiger partial charge on any atom is -0.451 e. The monoisotopic (exact) mass is 203 g/mol. The normalized spacial score (nSPS) is 16.2. The van der Waals surface area contributed by atoms with Crippen LogP contribution in [0.3, 0.4) is 0 Å². The van der Waals surface area contributed by atoms with Crippen LogP contribution in [0.4, 0.5) is 4.79 Å².